The van der Waals surface area contributed by atoms with E-state index in [0.717, 1.165) is 22.6 Å². The maximum Gasteiger partial charge on any atom is 0.124 e. The molecule has 1 atom stereocenters. The second kappa shape index (κ2) is 5.74. The van der Waals surface area contributed by atoms with E-state index in [2.05, 4.69) is 48.4 Å². The van der Waals surface area contributed by atoms with Gasteiger partial charge in [-0.2, -0.15) is 0 Å². The van der Waals surface area contributed by atoms with Crippen molar-refractivity contribution in [2.24, 2.45) is 0 Å². The van der Waals surface area contributed by atoms with E-state index in [1.165, 1.54) is 5.56 Å². The van der Waals surface area contributed by atoms with Gasteiger partial charge in [-0.15, -0.1) is 0 Å². The van der Waals surface area contributed by atoms with Crippen molar-refractivity contribution in [1.82, 2.24) is 4.98 Å². The molecule has 0 saturated heterocycles. The molecule has 2 rings (SSSR count). The van der Waals surface area contributed by atoms with Crippen LogP contribution in [0.15, 0.2) is 36.7 Å². The molecule has 1 heterocycles. The zero-order chi connectivity index (χ0) is 13.8. The Hall–Kier alpha value is -2.03. The molecule has 3 nitrogen and oxygen atoms in total. The van der Waals surface area contributed by atoms with Gasteiger partial charge in [-0.05, 0) is 44.0 Å². The topological polar surface area (TPSA) is 34.1 Å². The number of aromatic nitrogens is 1. The normalized spacial score (nSPS) is 12.0. The van der Waals surface area contributed by atoms with Crippen LogP contribution in [0.4, 0.5) is 5.69 Å². The van der Waals surface area contributed by atoms with Crippen LogP contribution in [0.1, 0.15) is 29.7 Å². The summed E-state index contributed by atoms with van der Waals surface area (Å²) in [4.78, 5) is 4.19. The quantitative estimate of drug-likeness (QED) is 0.901. The van der Waals surface area contributed by atoms with E-state index in [0.29, 0.717) is 0 Å². The van der Waals surface area contributed by atoms with Crippen molar-refractivity contribution < 1.29 is 4.74 Å². The van der Waals surface area contributed by atoms with Crippen molar-refractivity contribution in [2.75, 3.05) is 12.4 Å². The molecule has 0 spiro atoms. The van der Waals surface area contributed by atoms with Crippen LogP contribution in [0.5, 0.6) is 5.75 Å². The number of rotatable bonds is 4. The van der Waals surface area contributed by atoms with E-state index in [9.17, 15) is 0 Å². The third-order valence-electron chi connectivity index (χ3n) is 3.11. The van der Waals surface area contributed by atoms with Crippen LogP contribution in [-0.4, -0.2) is 12.1 Å². The Kier molecular flexibility index (Phi) is 4.05. The minimum atomic E-state index is 0.166. The van der Waals surface area contributed by atoms with Crippen LogP contribution < -0.4 is 10.1 Å². The lowest BCUT2D eigenvalue weighted by atomic mass is 10.0. The van der Waals surface area contributed by atoms with Gasteiger partial charge in [0.1, 0.15) is 5.75 Å². The summed E-state index contributed by atoms with van der Waals surface area (Å²) in [5.41, 5.74) is 4.52. The SMILES string of the molecule is COc1cc(C)ccc1C(C)Nc1cncc(C)c1. The number of nitrogens with zero attached hydrogens (tertiary/aromatic N) is 1. The first-order valence-corrected chi connectivity index (χ1v) is 6.43. The van der Waals surface area contributed by atoms with Gasteiger partial charge in [0.2, 0.25) is 0 Å². The van der Waals surface area contributed by atoms with Gasteiger partial charge in [0.05, 0.1) is 18.8 Å². The maximum absolute atomic E-state index is 5.45. The molecule has 100 valence electrons. The molecule has 0 aliphatic rings. The number of hydrogen-bond donors (Lipinski definition) is 1. The van der Waals surface area contributed by atoms with Gasteiger partial charge in [0.25, 0.3) is 0 Å². The molecule has 2 aromatic rings. The fraction of sp³-hybridized carbons (Fsp3) is 0.312. The van der Waals surface area contributed by atoms with E-state index < -0.39 is 0 Å². The van der Waals surface area contributed by atoms with Crippen molar-refractivity contribution in [2.45, 2.75) is 26.8 Å². The number of hydrogen-bond acceptors (Lipinski definition) is 3. The van der Waals surface area contributed by atoms with Crippen molar-refractivity contribution >= 4 is 5.69 Å². The summed E-state index contributed by atoms with van der Waals surface area (Å²) >= 11 is 0. The maximum atomic E-state index is 5.45. The number of anilines is 1. The first kappa shape index (κ1) is 13.4. The van der Waals surface area contributed by atoms with Gasteiger partial charge >= 0.3 is 0 Å². The number of ether oxygens (including phenoxy) is 1. The predicted molar refractivity (Wildman–Crippen MR) is 78.7 cm³/mol. The Morgan fingerprint density at radius 1 is 1.11 bits per heavy atom. The minimum absolute atomic E-state index is 0.166. The third-order valence-corrected chi connectivity index (χ3v) is 3.11. The first-order chi connectivity index (χ1) is 9.10. The van der Waals surface area contributed by atoms with E-state index in [1.807, 2.05) is 19.3 Å². The molecule has 1 aromatic carbocycles. The Bertz CT molecular complexity index is 566. The summed E-state index contributed by atoms with van der Waals surface area (Å²) in [6, 6.07) is 8.52. The standard InChI is InChI=1S/C16H20N2O/c1-11-5-6-15(16(8-11)19-4)13(3)18-14-7-12(2)9-17-10-14/h5-10,13,18H,1-4H3. The summed E-state index contributed by atoms with van der Waals surface area (Å²) in [6.45, 7) is 6.22. The average molecular weight is 256 g/mol. The lowest BCUT2D eigenvalue weighted by Gasteiger charge is -2.19. The van der Waals surface area contributed by atoms with Gasteiger partial charge in [0, 0.05) is 18.0 Å². The minimum Gasteiger partial charge on any atom is -0.496 e. The molecule has 0 bridgehead atoms. The molecule has 0 saturated carbocycles. The van der Waals surface area contributed by atoms with Gasteiger partial charge in [-0.3, -0.25) is 4.98 Å². The number of aryl methyl sites for hydroxylation is 2. The Labute approximate surface area is 114 Å². The van der Waals surface area contributed by atoms with Crippen LogP contribution in [0, 0.1) is 13.8 Å². The van der Waals surface area contributed by atoms with Gasteiger partial charge in [0.15, 0.2) is 0 Å². The number of pyridine rings is 1. The summed E-state index contributed by atoms with van der Waals surface area (Å²) in [7, 11) is 1.71. The summed E-state index contributed by atoms with van der Waals surface area (Å²) < 4.78 is 5.45. The Morgan fingerprint density at radius 3 is 2.58 bits per heavy atom. The smallest absolute Gasteiger partial charge is 0.124 e. The first-order valence-electron chi connectivity index (χ1n) is 6.43. The molecule has 19 heavy (non-hydrogen) atoms. The Morgan fingerprint density at radius 2 is 1.89 bits per heavy atom. The number of nitrogens with one attached hydrogen (secondary N) is 1. The van der Waals surface area contributed by atoms with Crippen LogP contribution in [-0.2, 0) is 0 Å². The number of benzene rings is 1. The summed E-state index contributed by atoms with van der Waals surface area (Å²) in [5, 5.41) is 3.45. The highest BCUT2D eigenvalue weighted by atomic mass is 16.5. The molecule has 0 radical (unpaired) electrons. The largest absolute Gasteiger partial charge is 0.496 e. The van der Waals surface area contributed by atoms with E-state index >= 15 is 0 Å². The van der Waals surface area contributed by atoms with Gasteiger partial charge in [-0.1, -0.05) is 12.1 Å². The second-order valence-electron chi connectivity index (χ2n) is 4.86. The molecule has 0 fully saturated rings. The fourth-order valence-corrected chi connectivity index (χ4v) is 2.14. The van der Waals surface area contributed by atoms with Crippen LogP contribution in [0.2, 0.25) is 0 Å². The monoisotopic (exact) mass is 256 g/mol. The zero-order valence-electron chi connectivity index (χ0n) is 11.9. The highest BCUT2D eigenvalue weighted by Crippen LogP contribution is 2.28. The molecular weight excluding hydrogens is 236 g/mol. The van der Waals surface area contributed by atoms with Crippen molar-refractivity contribution in [3.8, 4) is 5.75 Å². The highest BCUT2D eigenvalue weighted by molar-refractivity contribution is 5.48. The molecule has 1 N–H and O–H groups in total. The van der Waals surface area contributed by atoms with Crippen molar-refractivity contribution in [1.29, 1.82) is 0 Å². The van der Waals surface area contributed by atoms with Gasteiger partial charge < -0.3 is 10.1 Å². The lowest BCUT2D eigenvalue weighted by molar-refractivity contribution is 0.407. The highest BCUT2D eigenvalue weighted by Gasteiger charge is 2.11. The molecule has 0 amide bonds. The van der Waals surface area contributed by atoms with Crippen LogP contribution in [0.25, 0.3) is 0 Å². The molecule has 0 aliphatic carbocycles. The molecule has 1 unspecified atom stereocenters. The van der Waals surface area contributed by atoms with E-state index in [4.69, 9.17) is 4.74 Å². The summed E-state index contributed by atoms with van der Waals surface area (Å²) in [5.74, 6) is 0.917. The zero-order valence-corrected chi connectivity index (χ0v) is 11.9. The van der Waals surface area contributed by atoms with E-state index in [1.54, 1.807) is 7.11 Å². The van der Waals surface area contributed by atoms with Crippen LogP contribution in [0.3, 0.4) is 0 Å². The molecule has 1 aromatic heterocycles. The van der Waals surface area contributed by atoms with Crippen molar-refractivity contribution in [3.63, 3.8) is 0 Å². The lowest BCUT2D eigenvalue weighted by Crippen LogP contribution is -2.08. The second-order valence-corrected chi connectivity index (χ2v) is 4.86. The van der Waals surface area contributed by atoms with E-state index in [-0.39, 0.29) is 6.04 Å². The van der Waals surface area contributed by atoms with Crippen LogP contribution >= 0.6 is 0 Å². The molecule has 3 heteroatoms. The Balaban J connectivity index is 2.22. The van der Waals surface area contributed by atoms with Crippen molar-refractivity contribution in [3.05, 3.63) is 53.3 Å². The fourth-order valence-electron chi connectivity index (χ4n) is 2.14. The third kappa shape index (κ3) is 3.25. The molecular formula is C16H20N2O. The predicted octanol–water partition coefficient (Wildman–Crippen LogP) is 3.88. The average Bonchev–Trinajstić information content (AvgIpc) is 2.38. The summed E-state index contributed by atoms with van der Waals surface area (Å²) in [6.07, 6.45) is 3.69. The molecule has 0 aliphatic heterocycles. The number of methoxy groups -OCH3 is 1. The van der Waals surface area contributed by atoms with Gasteiger partial charge in [-0.25, -0.2) is 0 Å².